The summed E-state index contributed by atoms with van der Waals surface area (Å²) in [4.78, 5) is 2.31. The van der Waals surface area contributed by atoms with Gasteiger partial charge < -0.3 is 4.90 Å². The summed E-state index contributed by atoms with van der Waals surface area (Å²) < 4.78 is 13.3. The Balaban J connectivity index is 2.23. The Morgan fingerprint density at radius 3 is 2.47 bits per heavy atom. The van der Waals surface area contributed by atoms with E-state index in [0.717, 1.165) is 22.9 Å². The minimum Gasteiger partial charge on any atom is -0.372 e. The minimum absolute atomic E-state index is 0.590. The lowest BCUT2D eigenvalue weighted by Crippen LogP contribution is -2.23. The molecular weight excluding hydrogens is 274 g/mol. The molecule has 0 bridgehead atoms. The molecule has 1 heterocycles. The van der Waals surface area contributed by atoms with E-state index in [4.69, 9.17) is 0 Å². The van der Waals surface area contributed by atoms with Gasteiger partial charge in [0.05, 0.1) is 20.8 Å². The quantitative estimate of drug-likeness (QED) is 0.805. The van der Waals surface area contributed by atoms with Gasteiger partial charge in [0.25, 0.3) is 0 Å². The zero-order valence-electron chi connectivity index (χ0n) is 11.3. The van der Waals surface area contributed by atoms with E-state index in [1.54, 1.807) is 11.3 Å². The van der Waals surface area contributed by atoms with Gasteiger partial charge >= 0.3 is 0 Å². The molecule has 0 radical (unpaired) electrons. The van der Waals surface area contributed by atoms with E-state index >= 15 is 0 Å². The van der Waals surface area contributed by atoms with Gasteiger partial charge in [-0.25, -0.2) is 0 Å². The molecular formula is C15H19NOS2. The van der Waals surface area contributed by atoms with E-state index in [1.807, 2.05) is 29.6 Å². The van der Waals surface area contributed by atoms with Crippen LogP contribution < -0.4 is 4.90 Å². The molecule has 4 heteroatoms. The lowest BCUT2D eigenvalue weighted by Gasteiger charge is -2.23. The summed E-state index contributed by atoms with van der Waals surface area (Å²) in [5, 5.41) is 1.98. The van der Waals surface area contributed by atoms with Crippen LogP contribution >= 0.6 is 11.3 Å². The molecule has 0 aliphatic carbocycles. The van der Waals surface area contributed by atoms with Crippen molar-refractivity contribution >= 4 is 27.8 Å². The maximum atomic E-state index is 12.3. The Morgan fingerprint density at radius 2 is 1.84 bits per heavy atom. The van der Waals surface area contributed by atoms with Crippen molar-refractivity contribution in [3.05, 3.63) is 47.3 Å². The van der Waals surface area contributed by atoms with Crippen molar-refractivity contribution in [1.29, 1.82) is 0 Å². The molecule has 1 aromatic carbocycles. The summed E-state index contributed by atoms with van der Waals surface area (Å²) in [7, 11) is -0.942. The normalized spacial score (nSPS) is 12.3. The third-order valence-corrected chi connectivity index (χ3v) is 5.77. The van der Waals surface area contributed by atoms with Crippen LogP contribution in [0.5, 0.6) is 0 Å². The Kier molecular flexibility index (Phi) is 5.16. The number of para-hydroxylation sites is 1. The van der Waals surface area contributed by atoms with Crippen molar-refractivity contribution < 1.29 is 4.21 Å². The van der Waals surface area contributed by atoms with Crippen LogP contribution in [0.2, 0.25) is 0 Å². The molecule has 0 saturated carbocycles. The van der Waals surface area contributed by atoms with Crippen molar-refractivity contribution in [2.24, 2.45) is 0 Å². The maximum Gasteiger partial charge on any atom is 0.0913 e. The van der Waals surface area contributed by atoms with Gasteiger partial charge in [-0.1, -0.05) is 24.3 Å². The summed E-state index contributed by atoms with van der Waals surface area (Å²) >= 11 is 1.56. The van der Waals surface area contributed by atoms with Crippen molar-refractivity contribution in [2.45, 2.75) is 23.8 Å². The highest BCUT2D eigenvalue weighted by atomic mass is 32.2. The monoisotopic (exact) mass is 293 g/mol. The van der Waals surface area contributed by atoms with Crippen molar-refractivity contribution in [3.8, 4) is 0 Å². The topological polar surface area (TPSA) is 20.3 Å². The molecule has 0 aliphatic rings. The van der Waals surface area contributed by atoms with Gasteiger partial charge in [-0.2, -0.15) is 0 Å². The van der Waals surface area contributed by atoms with E-state index in [1.165, 1.54) is 5.69 Å². The van der Waals surface area contributed by atoms with Crippen molar-refractivity contribution in [2.75, 3.05) is 18.0 Å². The second-order valence-corrected chi connectivity index (χ2v) is 6.85. The van der Waals surface area contributed by atoms with Gasteiger partial charge in [0.15, 0.2) is 0 Å². The largest absolute Gasteiger partial charge is 0.372 e. The van der Waals surface area contributed by atoms with Gasteiger partial charge in [-0.3, -0.25) is 4.21 Å². The zero-order chi connectivity index (χ0) is 13.7. The molecule has 2 nitrogen and oxygen atoms in total. The van der Waals surface area contributed by atoms with E-state index < -0.39 is 10.8 Å². The van der Waals surface area contributed by atoms with Crippen molar-refractivity contribution in [1.82, 2.24) is 0 Å². The third kappa shape index (κ3) is 3.45. The third-order valence-electron chi connectivity index (χ3n) is 3.10. The molecule has 0 saturated heterocycles. The van der Waals surface area contributed by atoms with E-state index in [9.17, 15) is 4.21 Å². The SMILES string of the molecule is CCN(CC)c1ccccc1CS(=O)c1cccs1. The highest BCUT2D eigenvalue weighted by Gasteiger charge is 2.12. The first-order valence-corrected chi connectivity index (χ1v) is 8.70. The molecule has 1 aromatic heterocycles. The number of anilines is 1. The number of benzene rings is 1. The highest BCUT2D eigenvalue weighted by molar-refractivity contribution is 7.86. The Bertz CT molecular complexity index is 533. The molecule has 19 heavy (non-hydrogen) atoms. The summed E-state index contributed by atoms with van der Waals surface area (Å²) in [6.45, 7) is 6.24. The fourth-order valence-corrected chi connectivity index (χ4v) is 4.23. The average molecular weight is 293 g/mol. The molecule has 0 amide bonds. The molecule has 0 fully saturated rings. The number of nitrogens with zero attached hydrogens (tertiary/aromatic N) is 1. The molecule has 2 rings (SSSR count). The first kappa shape index (κ1) is 14.3. The van der Waals surface area contributed by atoms with E-state index in [2.05, 4.69) is 30.9 Å². The smallest absolute Gasteiger partial charge is 0.0913 e. The Hall–Kier alpha value is -1.13. The first-order chi connectivity index (χ1) is 9.26. The molecule has 2 aromatic rings. The molecule has 0 aliphatic heterocycles. The summed E-state index contributed by atoms with van der Waals surface area (Å²) in [5.41, 5.74) is 2.37. The number of hydrogen-bond acceptors (Lipinski definition) is 3. The maximum absolute atomic E-state index is 12.3. The standard InChI is InChI=1S/C15H19NOS2/c1-3-16(4-2)14-9-6-5-8-13(14)12-19(17)15-10-7-11-18-15/h5-11H,3-4,12H2,1-2H3. The van der Waals surface area contributed by atoms with Gasteiger partial charge in [0.1, 0.15) is 0 Å². The van der Waals surface area contributed by atoms with Crippen LogP contribution in [0.1, 0.15) is 19.4 Å². The number of rotatable bonds is 6. The second kappa shape index (κ2) is 6.87. The van der Waals surface area contributed by atoms with Crippen LogP contribution in [0.3, 0.4) is 0 Å². The van der Waals surface area contributed by atoms with Gasteiger partial charge in [-0.05, 0) is 36.9 Å². The molecule has 0 spiro atoms. The molecule has 102 valence electrons. The summed E-state index contributed by atoms with van der Waals surface area (Å²) in [5.74, 6) is 0.590. The Labute approximate surface area is 121 Å². The number of hydrogen-bond donors (Lipinski definition) is 0. The van der Waals surface area contributed by atoms with Gasteiger partial charge in [0, 0.05) is 18.8 Å². The predicted octanol–water partition coefficient (Wildman–Crippen LogP) is 3.90. The second-order valence-electron chi connectivity index (χ2n) is 4.22. The summed E-state index contributed by atoms with van der Waals surface area (Å²) in [6, 6.07) is 12.2. The zero-order valence-corrected chi connectivity index (χ0v) is 13.0. The molecule has 0 N–H and O–H groups in total. The lowest BCUT2D eigenvalue weighted by molar-refractivity contribution is 0.684. The number of thiophene rings is 1. The van der Waals surface area contributed by atoms with Gasteiger partial charge in [-0.15, -0.1) is 11.3 Å². The molecule has 1 unspecified atom stereocenters. The van der Waals surface area contributed by atoms with Crippen LogP contribution in [0.15, 0.2) is 46.0 Å². The van der Waals surface area contributed by atoms with Crippen LogP contribution in [-0.4, -0.2) is 17.3 Å². The summed E-state index contributed by atoms with van der Waals surface area (Å²) in [6.07, 6.45) is 0. The highest BCUT2D eigenvalue weighted by Crippen LogP contribution is 2.24. The fraction of sp³-hybridized carbons (Fsp3) is 0.333. The minimum atomic E-state index is -0.942. The first-order valence-electron chi connectivity index (χ1n) is 6.51. The van der Waals surface area contributed by atoms with Crippen LogP contribution in [0, 0.1) is 0 Å². The van der Waals surface area contributed by atoms with Crippen LogP contribution in [-0.2, 0) is 16.6 Å². The lowest BCUT2D eigenvalue weighted by atomic mass is 10.2. The van der Waals surface area contributed by atoms with Crippen LogP contribution in [0.25, 0.3) is 0 Å². The predicted molar refractivity (Wildman–Crippen MR) is 84.4 cm³/mol. The average Bonchev–Trinajstić information content (AvgIpc) is 2.96. The molecule has 1 atom stereocenters. The fourth-order valence-electron chi connectivity index (χ4n) is 2.11. The van der Waals surface area contributed by atoms with Gasteiger partial charge in [0.2, 0.25) is 0 Å². The Morgan fingerprint density at radius 1 is 1.11 bits per heavy atom. The van der Waals surface area contributed by atoms with E-state index in [0.29, 0.717) is 5.75 Å². The van der Waals surface area contributed by atoms with E-state index in [-0.39, 0.29) is 0 Å². The van der Waals surface area contributed by atoms with Crippen molar-refractivity contribution in [3.63, 3.8) is 0 Å². The van der Waals surface area contributed by atoms with Crippen LogP contribution in [0.4, 0.5) is 5.69 Å².